The molecule has 117 heavy (non-hydrogen) atoms. The van der Waals surface area contributed by atoms with Crippen LogP contribution in [0.5, 0.6) is 5.75 Å². The number of amides is 17. The van der Waals surface area contributed by atoms with Gasteiger partial charge in [-0.15, -0.1) is 0 Å². The van der Waals surface area contributed by atoms with Crippen LogP contribution in [0.25, 0.3) is 10.9 Å². The molecule has 43 nitrogen and oxygen atoms in total. The molecule has 2 aromatic carbocycles. The molecule has 0 aliphatic heterocycles. The van der Waals surface area contributed by atoms with Crippen molar-refractivity contribution in [1.82, 2.24) is 84.7 Å². The summed E-state index contributed by atoms with van der Waals surface area (Å²) in [6.07, 6.45) is -0.846. The number of primary amides is 2. The van der Waals surface area contributed by atoms with E-state index in [0.717, 1.165) is 24.8 Å². The number of rotatable bonds is 51. The van der Waals surface area contributed by atoms with Crippen LogP contribution in [0, 0.1) is 17.8 Å². The molecule has 0 aliphatic rings. The number of H-pyrrole nitrogens is 1. The fraction of sp³-hybridized carbons (Fsp3) is 0.562. The molecule has 3 rings (SSSR count). The predicted octanol–water partition coefficient (Wildman–Crippen LogP) is -8.74. The topological polar surface area (TPSA) is 703 Å². The van der Waals surface area contributed by atoms with Crippen LogP contribution in [0.15, 0.2) is 54.7 Å². The van der Waals surface area contributed by atoms with Crippen molar-refractivity contribution in [3.05, 3.63) is 65.9 Å². The van der Waals surface area contributed by atoms with Crippen LogP contribution in [0.1, 0.15) is 106 Å². The summed E-state index contributed by atoms with van der Waals surface area (Å²) in [7, 11) is 0. The summed E-state index contributed by atoms with van der Waals surface area (Å²) in [5, 5.41) is 95.5. The molecule has 1 heterocycles. The second kappa shape index (κ2) is 49.3. The molecule has 0 saturated heterocycles. The van der Waals surface area contributed by atoms with E-state index < -0.39 is 255 Å². The summed E-state index contributed by atoms with van der Waals surface area (Å²) in [4.78, 5) is 244. The van der Waals surface area contributed by atoms with Gasteiger partial charge < -0.3 is 133 Å². The zero-order valence-electron chi connectivity index (χ0n) is 66.5. The van der Waals surface area contributed by atoms with Crippen LogP contribution in [-0.2, 0) is 99.1 Å². The summed E-state index contributed by atoms with van der Waals surface area (Å²) >= 11 is 1.29. The molecule has 17 amide bonds. The minimum atomic E-state index is -2.09. The summed E-state index contributed by atoms with van der Waals surface area (Å²) in [6, 6.07) is -10.6. The Hall–Kier alpha value is -11.6. The fourth-order valence-corrected chi connectivity index (χ4v) is 11.5. The Morgan fingerprint density at radius 1 is 0.462 bits per heavy atom. The number of phenols is 1. The third-order valence-electron chi connectivity index (χ3n) is 18.1. The molecule has 0 bridgehead atoms. The summed E-state index contributed by atoms with van der Waals surface area (Å²) in [5.74, 6) is -21.0. The fourth-order valence-electron chi connectivity index (χ4n) is 11.1. The maximum absolute atomic E-state index is 14.3. The van der Waals surface area contributed by atoms with Crippen LogP contribution in [0.4, 0.5) is 0 Å². The molecule has 3 aromatic rings. The zero-order valence-corrected chi connectivity index (χ0v) is 67.3. The number of aliphatic hydroxyl groups is 4. The van der Waals surface area contributed by atoms with Gasteiger partial charge >= 0.3 is 5.97 Å². The molecule has 0 unspecified atom stereocenters. The van der Waals surface area contributed by atoms with Gasteiger partial charge in [0.2, 0.25) is 100 Å². The first-order valence-electron chi connectivity index (χ1n) is 37.4. The lowest BCUT2D eigenvalue weighted by molar-refractivity contribution is -0.143. The lowest BCUT2D eigenvalue weighted by Crippen LogP contribution is -2.62. The lowest BCUT2D eigenvalue weighted by Gasteiger charge is -2.28. The van der Waals surface area contributed by atoms with E-state index in [1.807, 2.05) is 0 Å². The quantitative estimate of drug-likeness (QED) is 0.0250. The number of carbonyl (C=O) groups is 18. The van der Waals surface area contributed by atoms with Crippen molar-refractivity contribution in [2.75, 3.05) is 44.9 Å². The van der Waals surface area contributed by atoms with Gasteiger partial charge in [0.15, 0.2) is 0 Å². The number of nitrogens with two attached hydrogens (primary N) is 3. The second-order valence-electron chi connectivity index (χ2n) is 28.5. The maximum atomic E-state index is 14.3. The highest BCUT2D eigenvalue weighted by atomic mass is 32.2. The number of nitrogens with one attached hydrogen (secondary N) is 16. The third-order valence-corrected chi connectivity index (χ3v) is 18.7. The average Bonchev–Trinajstić information content (AvgIpc) is 1.69. The number of carboxylic acid groups (broad SMARTS) is 1. The molecule has 0 aliphatic carbocycles. The predicted molar refractivity (Wildman–Crippen MR) is 419 cm³/mol. The van der Waals surface area contributed by atoms with Crippen molar-refractivity contribution in [3.63, 3.8) is 0 Å². The lowest BCUT2D eigenvalue weighted by atomic mass is 9.96. The van der Waals surface area contributed by atoms with E-state index in [1.54, 1.807) is 78.3 Å². The van der Waals surface area contributed by atoms with E-state index in [4.69, 9.17) is 17.2 Å². The van der Waals surface area contributed by atoms with E-state index >= 15 is 0 Å². The number of carboxylic acids is 1. The normalized spacial score (nSPS) is 15.3. The van der Waals surface area contributed by atoms with Crippen LogP contribution >= 0.6 is 11.8 Å². The highest BCUT2D eigenvalue weighted by molar-refractivity contribution is 7.98. The SMILES string of the molecule is CC[C@H](C)[C@H](NC(=O)[C@@H](N)C(C)C)C(=O)N[C@@H](Cc1c[nH]c2ccccc12)C(=O)N[C@@H](C)C(=O)NCC(=O)NCC(=O)N[C@@H](CO)C(=O)N[C@H](C(=O)N[C@@H](CC(N)=O)C(=O)N[C@@H](Cc1ccc(O)cc1)C(=O)N[C@@H](CC(N)=O)C(=O)N[C@@H](CO)C(=O)N[C@@H](C)C(=O)N[C@@H](CC(C)C)C(=O)N[C@@H](CCSC)C(=O)N[C@@H](CO)C(=O)O)[C@@H](C)O. The largest absolute Gasteiger partial charge is 0.508 e. The monoisotopic (exact) mass is 1670 g/mol. The van der Waals surface area contributed by atoms with Crippen molar-refractivity contribution in [1.29, 1.82) is 0 Å². The number of benzene rings is 2. The first kappa shape index (κ1) is 99.6. The summed E-state index contributed by atoms with van der Waals surface area (Å²) in [6.45, 7) is 8.78. The van der Waals surface area contributed by atoms with E-state index in [-0.39, 0.29) is 42.4 Å². The van der Waals surface area contributed by atoms with Crippen LogP contribution < -0.4 is 97.0 Å². The Labute approximate surface area is 677 Å². The second-order valence-corrected chi connectivity index (χ2v) is 29.5. The average molecular weight is 1670 g/mol. The Kier molecular flexibility index (Phi) is 42.0. The summed E-state index contributed by atoms with van der Waals surface area (Å²) in [5.41, 5.74) is 18.5. The maximum Gasteiger partial charge on any atom is 0.328 e. The van der Waals surface area contributed by atoms with Gasteiger partial charge in [0.05, 0.1) is 57.9 Å². The molecule has 0 saturated carbocycles. The van der Waals surface area contributed by atoms with E-state index in [2.05, 4.69) is 84.7 Å². The number of thioether (sulfide) groups is 1. The van der Waals surface area contributed by atoms with Gasteiger partial charge in [0.1, 0.15) is 84.3 Å². The van der Waals surface area contributed by atoms with Crippen LogP contribution in [0.3, 0.4) is 0 Å². The van der Waals surface area contributed by atoms with Crippen molar-refractivity contribution in [2.45, 2.75) is 198 Å². The first-order chi connectivity index (χ1) is 55.0. The Morgan fingerprint density at radius 3 is 1.44 bits per heavy atom. The van der Waals surface area contributed by atoms with Crippen molar-refractivity contribution >= 4 is 129 Å². The van der Waals surface area contributed by atoms with Gasteiger partial charge in [-0.1, -0.05) is 78.3 Å². The molecular weight excluding hydrogens is 1560 g/mol. The number of aromatic nitrogens is 1. The number of hydrogen-bond donors (Lipinski definition) is 25. The number of fused-ring (bicyclic) bond motifs is 1. The van der Waals surface area contributed by atoms with E-state index in [0.29, 0.717) is 17.7 Å². The van der Waals surface area contributed by atoms with Gasteiger partial charge in [-0.25, -0.2) is 4.79 Å². The molecular formula is C73H111N19O24S. The number of aromatic amines is 1. The smallest absolute Gasteiger partial charge is 0.328 e. The third kappa shape index (κ3) is 33.6. The van der Waals surface area contributed by atoms with Crippen LogP contribution in [0.2, 0.25) is 0 Å². The Morgan fingerprint density at radius 2 is 0.897 bits per heavy atom. The van der Waals surface area contributed by atoms with E-state index in [1.165, 1.54) is 43.0 Å². The Balaban J connectivity index is 1.74. The minimum absolute atomic E-state index is 0.00407. The molecule has 44 heteroatoms. The minimum Gasteiger partial charge on any atom is -0.508 e. The number of para-hydroxylation sites is 1. The molecule has 1 aromatic heterocycles. The molecule has 0 fully saturated rings. The van der Waals surface area contributed by atoms with Gasteiger partial charge in [-0.2, -0.15) is 11.8 Å². The number of hydrogen-bond acceptors (Lipinski definition) is 25. The molecule has 16 atom stereocenters. The molecule has 0 spiro atoms. The molecule has 0 radical (unpaired) electrons. The van der Waals surface area contributed by atoms with Crippen molar-refractivity contribution < 1.29 is 117 Å². The highest BCUT2D eigenvalue weighted by Crippen LogP contribution is 2.21. The number of aliphatic hydroxyl groups excluding tert-OH is 4. The number of aromatic hydroxyl groups is 1. The number of carbonyl (C=O) groups excluding carboxylic acids is 17. The number of aliphatic carboxylic acids is 1. The van der Waals surface area contributed by atoms with Crippen molar-refractivity contribution in [3.8, 4) is 5.75 Å². The first-order valence-corrected chi connectivity index (χ1v) is 38.7. The van der Waals surface area contributed by atoms with Gasteiger partial charge in [0, 0.05) is 29.9 Å². The van der Waals surface area contributed by atoms with Crippen molar-refractivity contribution in [2.24, 2.45) is 35.0 Å². The molecule has 648 valence electrons. The van der Waals surface area contributed by atoms with Gasteiger partial charge in [0.25, 0.3) is 0 Å². The standard InChI is InChI=1S/C73H111N19O24S/c1-11-35(6)58(91-70(112)57(76)34(4)5)71(113)87-47(24-40-27-77-43-15-13-12-14-42(40)43)63(105)80-36(7)60(102)79-28-55(100)78-29-56(101)82-50(30-93)69(111)92-59(38(9)96)72(114)88-49(26-54(75)99)66(108)85-46(23-39-16-18-41(97)19-17-39)65(107)86-48(25-53(74)98)67(109)89-51(31-94)68(110)81-37(8)61(103)84-45(22-33(2)3)64(106)83-44(20-21-117-10)62(104)90-52(32-95)73(115)116/h12-19,27,33-38,44-52,57-59,77,93-97H,11,20-26,28-32,76H2,1-10H3,(H2,74,98)(H2,75,99)(H,78,100)(H,79,102)(H,80,105)(H,81,110)(H,82,101)(H,83,106)(H,84,103)(H,85,108)(H,86,107)(H,87,113)(H,88,114)(H,89,109)(H,90,104)(H,91,112)(H,92,111)(H,115,116)/t35-,36-,37-,38+,44-,45-,46-,47-,48-,49-,50-,51-,52-,57-,58-,59-/m0/s1. The van der Waals surface area contributed by atoms with Crippen LogP contribution in [-0.4, -0.2) is 278 Å². The zero-order chi connectivity index (χ0) is 88.2. The van der Waals surface area contributed by atoms with Gasteiger partial charge in [-0.05, 0) is 92.7 Å². The summed E-state index contributed by atoms with van der Waals surface area (Å²) < 4.78 is 0. The van der Waals surface area contributed by atoms with Gasteiger partial charge in [-0.3, -0.25) is 81.5 Å². The number of phenolic OH excluding ortho intramolecular Hbond substituents is 1. The molecule has 28 N–H and O–H groups in total. The highest BCUT2D eigenvalue weighted by Gasteiger charge is 2.39. The Bertz CT molecular complexity index is 3980. The van der Waals surface area contributed by atoms with E-state index in [9.17, 15) is 117 Å².